The van der Waals surface area contributed by atoms with E-state index in [-0.39, 0.29) is 26.1 Å². The van der Waals surface area contributed by atoms with Crippen molar-refractivity contribution in [1.82, 2.24) is 4.90 Å². The summed E-state index contributed by atoms with van der Waals surface area (Å²) in [6, 6.07) is 12.3. The maximum absolute atomic E-state index is 15.1. The fourth-order valence-corrected chi connectivity index (χ4v) is 4.06. The lowest BCUT2D eigenvalue weighted by atomic mass is 10.0. The average Bonchev–Trinajstić information content (AvgIpc) is 3.30. The second kappa shape index (κ2) is 11.2. The molecule has 0 bridgehead atoms. The maximum Gasteiger partial charge on any atom is 0.410 e. The van der Waals surface area contributed by atoms with E-state index in [1.165, 1.54) is 16.5 Å². The van der Waals surface area contributed by atoms with E-state index in [0.717, 1.165) is 0 Å². The van der Waals surface area contributed by atoms with Crippen molar-refractivity contribution in [2.24, 2.45) is 0 Å². The minimum absolute atomic E-state index is 0. The first kappa shape index (κ1) is 27.3. The van der Waals surface area contributed by atoms with Gasteiger partial charge in [0.2, 0.25) is 0 Å². The summed E-state index contributed by atoms with van der Waals surface area (Å²) in [7, 11) is 3.31. The molecule has 0 aromatic heterocycles. The summed E-state index contributed by atoms with van der Waals surface area (Å²) in [4.78, 5) is 29.9. The Balaban J connectivity index is 0.00000481. The van der Waals surface area contributed by atoms with Crippen LogP contribution in [0.25, 0.3) is 0 Å². The van der Waals surface area contributed by atoms with Gasteiger partial charge in [0, 0.05) is 34.3 Å². The van der Waals surface area contributed by atoms with Gasteiger partial charge < -0.3 is 24.2 Å². The van der Waals surface area contributed by atoms with E-state index < -0.39 is 11.4 Å². The van der Waals surface area contributed by atoms with Gasteiger partial charge in [0.1, 0.15) is 17.2 Å². The molecule has 1 atom stereocenters. The Morgan fingerprint density at radius 1 is 1.14 bits per heavy atom. The van der Waals surface area contributed by atoms with E-state index in [2.05, 4.69) is 13.8 Å². The molecule has 1 heterocycles. The Morgan fingerprint density at radius 2 is 1.81 bits per heavy atom. The monoisotopic (exact) mass is 501 g/mol. The van der Waals surface area contributed by atoms with E-state index in [4.69, 9.17) is 9.47 Å². The highest BCUT2D eigenvalue weighted by atomic mass is 19.1. The number of anilines is 2. The summed E-state index contributed by atoms with van der Waals surface area (Å²) in [5.41, 5.74) is 1.52. The zero-order valence-electron chi connectivity index (χ0n) is 22.4. The molecule has 8 heteroatoms. The van der Waals surface area contributed by atoms with Gasteiger partial charge in [-0.25, -0.2) is 9.18 Å². The van der Waals surface area contributed by atoms with Crippen molar-refractivity contribution >= 4 is 23.4 Å². The molecule has 0 spiro atoms. The molecule has 0 aliphatic carbocycles. The van der Waals surface area contributed by atoms with Gasteiger partial charge >= 0.3 is 6.09 Å². The Morgan fingerprint density at radius 3 is 2.39 bits per heavy atom. The first-order valence-corrected chi connectivity index (χ1v) is 12.4. The van der Waals surface area contributed by atoms with Gasteiger partial charge in [-0.2, -0.15) is 0 Å². The van der Waals surface area contributed by atoms with E-state index in [1.807, 2.05) is 49.9 Å². The molecule has 36 heavy (non-hydrogen) atoms. The zero-order valence-corrected chi connectivity index (χ0v) is 22.4. The van der Waals surface area contributed by atoms with Crippen LogP contribution < -0.4 is 14.5 Å². The molecule has 1 aliphatic heterocycles. The third-order valence-corrected chi connectivity index (χ3v) is 6.34. The van der Waals surface area contributed by atoms with Gasteiger partial charge in [-0.1, -0.05) is 26.0 Å². The molecule has 3 rings (SSSR count). The Bertz CT molecular complexity index is 1070. The van der Waals surface area contributed by atoms with Gasteiger partial charge in [-0.15, -0.1) is 0 Å². The van der Waals surface area contributed by atoms with Gasteiger partial charge in [0.05, 0.1) is 11.7 Å². The van der Waals surface area contributed by atoms with Crippen molar-refractivity contribution < 1.29 is 24.9 Å². The third kappa shape index (κ3) is 6.89. The molecule has 0 N–H and O–H groups in total. The van der Waals surface area contributed by atoms with E-state index in [0.29, 0.717) is 42.6 Å². The standard InChI is InChI=1S/C28H38FN3O4.H2/c1-19(2)20-8-11-23(12-9-20)35-18-26(33)30(6)21-10-13-25(24(29)16-21)32-15-14-22(17-32)31(7)27(34)36-28(3,4)5;/h8-13,16,19,22H,14-15,17-18H2,1-7H3;1H. The van der Waals surface area contributed by atoms with Crippen LogP contribution in [-0.2, 0) is 9.53 Å². The fourth-order valence-electron chi connectivity index (χ4n) is 4.06. The summed E-state index contributed by atoms with van der Waals surface area (Å²) in [5, 5.41) is 0. The zero-order chi connectivity index (χ0) is 26.6. The minimum atomic E-state index is -0.571. The van der Waals surface area contributed by atoms with Gasteiger partial charge in [-0.3, -0.25) is 4.79 Å². The number of nitrogens with zero attached hydrogens (tertiary/aromatic N) is 3. The molecule has 1 fully saturated rings. The van der Waals surface area contributed by atoms with Crippen molar-refractivity contribution in [1.29, 1.82) is 0 Å². The lowest BCUT2D eigenvalue weighted by Crippen LogP contribution is -2.42. The summed E-state index contributed by atoms with van der Waals surface area (Å²) in [6.45, 7) is 10.7. The number of hydrogen-bond donors (Lipinski definition) is 0. The van der Waals surface area contributed by atoms with Crippen LogP contribution in [0.2, 0.25) is 0 Å². The molecule has 1 saturated heterocycles. The number of carbonyl (C=O) groups excluding carboxylic acids is 2. The first-order valence-electron chi connectivity index (χ1n) is 12.4. The van der Waals surface area contributed by atoms with E-state index in [1.54, 1.807) is 31.1 Å². The summed E-state index contributed by atoms with van der Waals surface area (Å²) >= 11 is 0. The van der Waals surface area contributed by atoms with Gasteiger partial charge in [0.25, 0.3) is 5.91 Å². The molecule has 2 aromatic rings. The highest BCUT2D eigenvalue weighted by Crippen LogP contribution is 2.29. The lowest BCUT2D eigenvalue weighted by molar-refractivity contribution is -0.120. The van der Waals surface area contributed by atoms with Gasteiger partial charge in [0.15, 0.2) is 6.61 Å². The summed E-state index contributed by atoms with van der Waals surface area (Å²) < 4.78 is 26.2. The highest BCUT2D eigenvalue weighted by Gasteiger charge is 2.32. The number of carbonyl (C=O) groups is 2. The van der Waals surface area contributed by atoms with E-state index >= 15 is 4.39 Å². The Labute approximate surface area is 215 Å². The summed E-state index contributed by atoms with van der Waals surface area (Å²) in [5.74, 6) is 0.331. The van der Waals surface area contributed by atoms with Crippen LogP contribution in [0.1, 0.15) is 53.9 Å². The highest BCUT2D eigenvalue weighted by molar-refractivity contribution is 5.94. The number of halogens is 1. The SMILES string of the molecule is CC(C)c1ccc(OCC(=O)N(C)c2ccc(N3CCC(N(C)C(=O)OC(C)(C)C)C3)c(F)c2)cc1.[HH]. The predicted octanol–water partition coefficient (Wildman–Crippen LogP) is 5.68. The Kier molecular flexibility index (Phi) is 8.48. The molecule has 2 amide bonds. The summed E-state index contributed by atoms with van der Waals surface area (Å²) in [6.07, 6.45) is 0.327. The van der Waals surface area contributed by atoms with Crippen molar-refractivity contribution in [2.45, 2.75) is 58.6 Å². The maximum atomic E-state index is 15.1. The van der Waals surface area contributed by atoms with Crippen LogP contribution >= 0.6 is 0 Å². The molecular weight excluding hydrogens is 461 g/mol. The smallest absolute Gasteiger partial charge is 0.410 e. The van der Waals surface area contributed by atoms with Crippen LogP contribution in [0, 0.1) is 5.82 Å². The topological polar surface area (TPSA) is 62.3 Å². The number of rotatable bonds is 7. The normalized spacial score (nSPS) is 15.7. The predicted molar refractivity (Wildman–Crippen MR) is 143 cm³/mol. The third-order valence-electron chi connectivity index (χ3n) is 6.34. The molecular formula is C28H40FN3O4. The quantitative estimate of drug-likeness (QED) is 0.488. The first-order chi connectivity index (χ1) is 16.9. The van der Waals surface area contributed by atoms with Crippen LogP contribution in [-0.4, -0.2) is 62.3 Å². The van der Waals surface area contributed by atoms with Crippen LogP contribution in [0.4, 0.5) is 20.6 Å². The van der Waals surface area contributed by atoms with Crippen molar-refractivity contribution in [3.8, 4) is 5.75 Å². The second-order valence-electron chi connectivity index (χ2n) is 10.6. The van der Waals surface area contributed by atoms with E-state index in [9.17, 15) is 9.59 Å². The molecule has 198 valence electrons. The lowest BCUT2D eigenvalue weighted by Gasteiger charge is -2.29. The molecule has 0 radical (unpaired) electrons. The van der Waals surface area contributed by atoms with Crippen LogP contribution in [0.15, 0.2) is 42.5 Å². The number of likely N-dealkylation sites (N-methyl/N-ethyl adjacent to an activating group) is 2. The molecule has 1 aliphatic rings. The number of benzene rings is 2. The number of ether oxygens (including phenoxy) is 2. The van der Waals surface area contributed by atoms with Crippen molar-refractivity contribution in [3.05, 3.63) is 53.8 Å². The number of hydrogen-bond acceptors (Lipinski definition) is 5. The minimum Gasteiger partial charge on any atom is -0.484 e. The molecule has 2 aromatic carbocycles. The van der Waals surface area contributed by atoms with Crippen molar-refractivity contribution in [2.75, 3.05) is 43.6 Å². The van der Waals surface area contributed by atoms with Gasteiger partial charge in [-0.05, 0) is 69.0 Å². The molecule has 7 nitrogen and oxygen atoms in total. The second-order valence-corrected chi connectivity index (χ2v) is 10.6. The van der Waals surface area contributed by atoms with Crippen molar-refractivity contribution in [3.63, 3.8) is 0 Å². The fraction of sp³-hybridized carbons (Fsp3) is 0.500. The van der Waals surface area contributed by atoms with Crippen LogP contribution in [0.3, 0.4) is 0 Å². The molecule has 1 unspecified atom stereocenters. The largest absolute Gasteiger partial charge is 0.484 e. The average molecular weight is 502 g/mol. The molecule has 0 saturated carbocycles. The number of amides is 2. The Hall–Kier alpha value is -3.29. The van der Waals surface area contributed by atoms with Crippen LogP contribution in [0.5, 0.6) is 5.75 Å².